The molecule has 2 fully saturated rings. The van der Waals surface area contributed by atoms with Crippen molar-refractivity contribution in [2.24, 2.45) is 17.8 Å². The van der Waals surface area contributed by atoms with Crippen LogP contribution >= 0.6 is 12.2 Å². The van der Waals surface area contributed by atoms with Gasteiger partial charge in [0.1, 0.15) is 0 Å². The first-order chi connectivity index (χ1) is 10.1. The van der Waals surface area contributed by atoms with Crippen molar-refractivity contribution >= 4 is 23.2 Å². The van der Waals surface area contributed by atoms with Gasteiger partial charge < -0.3 is 5.32 Å². The standard InChI is InChI=1S/C16H29N3OS/c1-11-7-6-10-14(12(11)2)17-16(21)19-18-15(20)13-8-4-3-5-9-13/h11-14H,3-10H2,1-2H3,(H,18,20)(H2,17,19,21)/t11-,12-,14+/m1/s1. The van der Waals surface area contributed by atoms with Gasteiger partial charge in [0.25, 0.3) is 0 Å². The number of carbonyl (C=O) groups is 1. The molecule has 2 aliphatic carbocycles. The van der Waals surface area contributed by atoms with Crippen molar-refractivity contribution in [2.75, 3.05) is 0 Å². The van der Waals surface area contributed by atoms with Crippen LogP contribution < -0.4 is 16.2 Å². The second-order valence-corrected chi connectivity index (χ2v) is 7.20. The van der Waals surface area contributed by atoms with Gasteiger partial charge in [0.05, 0.1) is 0 Å². The average molecular weight is 311 g/mol. The van der Waals surface area contributed by atoms with Crippen molar-refractivity contribution in [3.05, 3.63) is 0 Å². The lowest BCUT2D eigenvalue weighted by Gasteiger charge is -2.35. The minimum atomic E-state index is 0.0870. The van der Waals surface area contributed by atoms with Gasteiger partial charge in [-0.05, 0) is 43.3 Å². The third kappa shape index (κ3) is 4.83. The fourth-order valence-electron chi connectivity index (χ4n) is 3.58. The fraction of sp³-hybridized carbons (Fsp3) is 0.875. The molecule has 120 valence electrons. The van der Waals surface area contributed by atoms with Crippen LogP contribution in [-0.2, 0) is 4.79 Å². The normalized spacial score (nSPS) is 30.5. The van der Waals surface area contributed by atoms with E-state index >= 15 is 0 Å². The molecule has 0 heterocycles. The summed E-state index contributed by atoms with van der Waals surface area (Å²) < 4.78 is 0. The van der Waals surface area contributed by atoms with Crippen molar-refractivity contribution in [2.45, 2.75) is 71.3 Å². The largest absolute Gasteiger partial charge is 0.358 e. The summed E-state index contributed by atoms with van der Waals surface area (Å²) in [6.45, 7) is 4.59. The second kappa shape index (κ2) is 7.97. The summed E-state index contributed by atoms with van der Waals surface area (Å²) in [6, 6.07) is 0.417. The number of hydrogen-bond acceptors (Lipinski definition) is 2. The molecule has 0 aromatic heterocycles. The first-order valence-electron chi connectivity index (χ1n) is 8.44. The van der Waals surface area contributed by atoms with E-state index in [0.29, 0.717) is 17.1 Å². The van der Waals surface area contributed by atoms with Crippen molar-refractivity contribution in [3.8, 4) is 0 Å². The van der Waals surface area contributed by atoms with E-state index in [4.69, 9.17) is 12.2 Å². The van der Waals surface area contributed by atoms with Crippen LogP contribution in [0.2, 0.25) is 0 Å². The molecule has 3 N–H and O–H groups in total. The Hall–Kier alpha value is -0.840. The Labute approximate surface area is 133 Å². The molecule has 2 aliphatic rings. The van der Waals surface area contributed by atoms with E-state index in [0.717, 1.165) is 38.0 Å². The number of thiocarbonyl (C=S) groups is 1. The third-order valence-electron chi connectivity index (χ3n) is 5.30. The highest BCUT2D eigenvalue weighted by Gasteiger charge is 2.27. The summed E-state index contributed by atoms with van der Waals surface area (Å²) in [5, 5.41) is 3.91. The van der Waals surface area contributed by atoms with Gasteiger partial charge in [-0.25, -0.2) is 0 Å². The van der Waals surface area contributed by atoms with Crippen LogP contribution in [0.5, 0.6) is 0 Å². The van der Waals surface area contributed by atoms with E-state index in [1.54, 1.807) is 0 Å². The van der Waals surface area contributed by atoms with E-state index < -0.39 is 0 Å². The average Bonchev–Trinajstić information content (AvgIpc) is 2.50. The van der Waals surface area contributed by atoms with Gasteiger partial charge in [-0.1, -0.05) is 46.0 Å². The molecule has 21 heavy (non-hydrogen) atoms. The summed E-state index contributed by atoms with van der Waals surface area (Å²) >= 11 is 5.31. The van der Waals surface area contributed by atoms with Crippen molar-refractivity contribution in [1.29, 1.82) is 0 Å². The van der Waals surface area contributed by atoms with E-state index in [1.807, 2.05) is 0 Å². The van der Waals surface area contributed by atoms with Crippen LogP contribution in [0.1, 0.15) is 65.2 Å². The number of rotatable bonds is 2. The van der Waals surface area contributed by atoms with Gasteiger partial charge in [0.15, 0.2) is 5.11 Å². The van der Waals surface area contributed by atoms with Gasteiger partial charge in [0.2, 0.25) is 5.91 Å². The Morgan fingerprint density at radius 1 is 0.952 bits per heavy atom. The maximum atomic E-state index is 12.1. The van der Waals surface area contributed by atoms with Crippen LogP contribution in [-0.4, -0.2) is 17.1 Å². The zero-order chi connectivity index (χ0) is 15.2. The monoisotopic (exact) mass is 311 g/mol. The third-order valence-corrected chi connectivity index (χ3v) is 5.52. The molecule has 0 aromatic carbocycles. The van der Waals surface area contributed by atoms with E-state index in [1.165, 1.54) is 19.3 Å². The van der Waals surface area contributed by atoms with E-state index in [2.05, 4.69) is 30.0 Å². The molecule has 1 amide bonds. The Kier molecular flexibility index (Phi) is 6.27. The summed E-state index contributed by atoms with van der Waals surface area (Å²) in [5.74, 6) is 1.59. The zero-order valence-electron chi connectivity index (χ0n) is 13.3. The van der Waals surface area contributed by atoms with Gasteiger partial charge in [-0.2, -0.15) is 0 Å². The molecule has 0 spiro atoms. The van der Waals surface area contributed by atoms with Crippen molar-refractivity contribution in [1.82, 2.24) is 16.2 Å². The maximum absolute atomic E-state index is 12.1. The summed E-state index contributed by atoms with van der Waals surface area (Å²) in [4.78, 5) is 12.1. The summed E-state index contributed by atoms with van der Waals surface area (Å²) in [6.07, 6.45) is 9.31. The predicted molar refractivity (Wildman–Crippen MR) is 89.6 cm³/mol. The summed E-state index contributed by atoms with van der Waals surface area (Å²) in [7, 11) is 0. The molecular formula is C16H29N3OS. The minimum absolute atomic E-state index is 0.0870. The van der Waals surface area contributed by atoms with Gasteiger partial charge in [-0.15, -0.1) is 0 Å². The molecule has 0 radical (unpaired) electrons. The lowest BCUT2D eigenvalue weighted by atomic mass is 9.78. The second-order valence-electron chi connectivity index (χ2n) is 6.80. The number of nitrogens with one attached hydrogen (secondary N) is 3. The SMILES string of the molecule is C[C@@H]1[C@H](C)CCC[C@@H]1NC(=S)NNC(=O)C1CCCCC1. The van der Waals surface area contributed by atoms with Gasteiger partial charge in [0, 0.05) is 12.0 Å². The summed E-state index contributed by atoms with van der Waals surface area (Å²) in [5.41, 5.74) is 5.66. The van der Waals surface area contributed by atoms with Gasteiger partial charge >= 0.3 is 0 Å². The predicted octanol–water partition coefficient (Wildman–Crippen LogP) is 2.89. The molecule has 0 bridgehead atoms. The molecule has 2 rings (SSSR count). The first kappa shape index (κ1) is 16.5. The highest BCUT2D eigenvalue weighted by Crippen LogP contribution is 2.29. The molecule has 5 heteroatoms. The number of hydrazine groups is 1. The van der Waals surface area contributed by atoms with Crippen LogP contribution in [0.3, 0.4) is 0 Å². The Bertz CT molecular complexity index is 369. The van der Waals surface area contributed by atoms with Crippen LogP contribution in [0.15, 0.2) is 0 Å². The van der Waals surface area contributed by atoms with Crippen LogP contribution in [0.4, 0.5) is 0 Å². The minimum Gasteiger partial charge on any atom is -0.358 e. The Morgan fingerprint density at radius 2 is 1.67 bits per heavy atom. The zero-order valence-corrected chi connectivity index (χ0v) is 14.1. The van der Waals surface area contributed by atoms with E-state index in [-0.39, 0.29) is 11.8 Å². The van der Waals surface area contributed by atoms with E-state index in [9.17, 15) is 4.79 Å². The number of hydrogen-bond donors (Lipinski definition) is 3. The Morgan fingerprint density at radius 3 is 2.38 bits per heavy atom. The Balaban J connectivity index is 1.70. The molecule has 0 aromatic rings. The molecule has 3 atom stereocenters. The smallest absolute Gasteiger partial charge is 0.241 e. The van der Waals surface area contributed by atoms with Crippen molar-refractivity contribution < 1.29 is 4.79 Å². The maximum Gasteiger partial charge on any atom is 0.241 e. The highest BCUT2D eigenvalue weighted by molar-refractivity contribution is 7.80. The number of carbonyl (C=O) groups excluding carboxylic acids is 1. The molecule has 0 saturated heterocycles. The fourth-order valence-corrected chi connectivity index (χ4v) is 3.78. The molecule has 2 saturated carbocycles. The van der Waals surface area contributed by atoms with Gasteiger partial charge in [-0.3, -0.25) is 15.6 Å². The first-order valence-corrected chi connectivity index (χ1v) is 8.85. The molecule has 0 aliphatic heterocycles. The molecular weight excluding hydrogens is 282 g/mol. The number of amides is 1. The lowest BCUT2D eigenvalue weighted by Crippen LogP contribution is -2.53. The quantitative estimate of drug-likeness (QED) is 0.542. The van der Waals surface area contributed by atoms with Crippen molar-refractivity contribution in [3.63, 3.8) is 0 Å². The highest BCUT2D eigenvalue weighted by atomic mass is 32.1. The topological polar surface area (TPSA) is 53.2 Å². The molecule has 0 unspecified atom stereocenters. The van der Waals surface area contributed by atoms with Crippen LogP contribution in [0.25, 0.3) is 0 Å². The van der Waals surface area contributed by atoms with Crippen LogP contribution in [0, 0.1) is 17.8 Å². The lowest BCUT2D eigenvalue weighted by molar-refractivity contribution is -0.126. The molecule has 4 nitrogen and oxygen atoms in total.